The third kappa shape index (κ3) is 6.64. The number of guanidine groups is 1. The number of carbonyl (C=O) groups is 1. The Hall–Kier alpha value is -1.35. The zero-order valence-electron chi connectivity index (χ0n) is 14.2. The van der Waals surface area contributed by atoms with Crippen molar-refractivity contribution in [3.63, 3.8) is 0 Å². The summed E-state index contributed by atoms with van der Waals surface area (Å²) in [6.07, 6.45) is 2.39. The van der Waals surface area contributed by atoms with Gasteiger partial charge in [-0.15, -0.1) is 24.0 Å². The van der Waals surface area contributed by atoms with Gasteiger partial charge in [0.05, 0.1) is 6.54 Å². The average Bonchev–Trinajstić information content (AvgIpc) is 3.08. The van der Waals surface area contributed by atoms with Crippen molar-refractivity contribution in [2.45, 2.75) is 51.8 Å². The number of ether oxygens (including phenoxy) is 1. The van der Waals surface area contributed by atoms with E-state index in [9.17, 15) is 4.79 Å². The molecule has 0 spiro atoms. The van der Waals surface area contributed by atoms with E-state index in [1.165, 1.54) is 0 Å². The number of nitrogens with two attached hydrogens (primary N) is 1. The second-order valence-corrected chi connectivity index (χ2v) is 5.85. The highest BCUT2D eigenvalue weighted by atomic mass is 127. The Labute approximate surface area is 160 Å². The summed E-state index contributed by atoms with van der Waals surface area (Å²) in [5.74, 6) is 0.356. The highest BCUT2D eigenvalue weighted by Crippen LogP contribution is 2.16. The van der Waals surface area contributed by atoms with Crippen molar-refractivity contribution in [2.24, 2.45) is 10.7 Å². The van der Waals surface area contributed by atoms with Crippen LogP contribution >= 0.6 is 24.0 Å². The van der Waals surface area contributed by atoms with E-state index in [0.29, 0.717) is 25.2 Å². The monoisotopic (exact) mass is 446 g/mol. The van der Waals surface area contributed by atoms with Gasteiger partial charge in [0, 0.05) is 18.3 Å². The first-order chi connectivity index (χ1) is 11.1. The number of aliphatic imine (C=N–C) groups is 1. The summed E-state index contributed by atoms with van der Waals surface area (Å²) in [7, 11) is 0. The van der Waals surface area contributed by atoms with Crippen LogP contribution in [0.1, 0.15) is 38.7 Å². The molecule has 0 saturated carbocycles. The fourth-order valence-electron chi connectivity index (χ4n) is 2.33. The maximum Gasteiger partial charge on any atom is 0.253 e. The summed E-state index contributed by atoms with van der Waals surface area (Å²) in [4.78, 5) is 16.4. The van der Waals surface area contributed by atoms with Crippen molar-refractivity contribution in [1.29, 1.82) is 0 Å². The van der Waals surface area contributed by atoms with Gasteiger partial charge < -0.3 is 21.1 Å². The third-order valence-corrected chi connectivity index (χ3v) is 3.86. The van der Waals surface area contributed by atoms with Crippen molar-refractivity contribution < 1.29 is 9.53 Å². The van der Waals surface area contributed by atoms with Crippen LogP contribution in [-0.2, 0) is 16.1 Å². The molecule has 1 aliphatic heterocycles. The number of amides is 1. The van der Waals surface area contributed by atoms with Crippen LogP contribution in [0.4, 0.5) is 5.69 Å². The van der Waals surface area contributed by atoms with Gasteiger partial charge in [-0.05, 0) is 43.9 Å². The quantitative estimate of drug-likeness (QED) is 0.356. The molecule has 2 rings (SSSR count). The number of anilines is 1. The van der Waals surface area contributed by atoms with E-state index in [1.54, 1.807) is 0 Å². The summed E-state index contributed by atoms with van der Waals surface area (Å²) in [6, 6.07) is 7.93. The zero-order valence-corrected chi connectivity index (χ0v) is 16.6. The Kier molecular flexibility index (Phi) is 9.05. The van der Waals surface area contributed by atoms with Gasteiger partial charge in [0.25, 0.3) is 5.91 Å². The zero-order chi connectivity index (χ0) is 16.7. The minimum Gasteiger partial charge on any atom is -0.370 e. The molecule has 4 N–H and O–H groups in total. The molecule has 1 amide bonds. The van der Waals surface area contributed by atoms with Crippen molar-refractivity contribution in [1.82, 2.24) is 5.32 Å². The first-order valence-corrected chi connectivity index (χ1v) is 8.16. The lowest BCUT2D eigenvalue weighted by Gasteiger charge is -2.12. The largest absolute Gasteiger partial charge is 0.370 e. The number of nitrogens with one attached hydrogen (secondary N) is 2. The van der Waals surface area contributed by atoms with Gasteiger partial charge in [0.1, 0.15) is 6.10 Å². The number of hydrogen-bond acceptors (Lipinski definition) is 3. The number of carbonyl (C=O) groups excluding carboxylic acids is 1. The molecule has 1 saturated heterocycles. The normalized spacial score (nSPS) is 18.6. The molecule has 0 aliphatic carbocycles. The van der Waals surface area contributed by atoms with Crippen LogP contribution in [0.5, 0.6) is 0 Å². The molecule has 0 bridgehead atoms. The van der Waals surface area contributed by atoms with Gasteiger partial charge in [-0.1, -0.05) is 19.1 Å². The lowest BCUT2D eigenvalue weighted by molar-refractivity contribution is -0.124. The highest BCUT2D eigenvalue weighted by Gasteiger charge is 2.23. The average molecular weight is 446 g/mol. The molecule has 0 aromatic heterocycles. The lowest BCUT2D eigenvalue weighted by Crippen LogP contribution is -2.38. The molecule has 1 fully saturated rings. The molecule has 2 unspecified atom stereocenters. The third-order valence-electron chi connectivity index (χ3n) is 3.86. The van der Waals surface area contributed by atoms with E-state index in [0.717, 1.165) is 30.5 Å². The molecular weight excluding hydrogens is 419 g/mol. The number of halogens is 1. The van der Waals surface area contributed by atoms with Crippen LogP contribution in [0.2, 0.25) is 0 Å². The molecular formula is C17H27IN4O2. The lowest BCUT2D eigenvalue weighted by atomic mass is 10.2. The number of benzene rings is 1. The minimum atomic E-state index is -0.327. The van der Waals surface area contributed by atoms with Crippen molar-refractivity contribution in [3.05, 3.63) is 29.8 Å². The maximum atomic E-state index is 12.1. The molecule has 6 nitrogen and oxygen atoms in total. The second kappa shape index (κ2) is 10.5. The molecule has 1 aromatic rings. The highest BCUT2D eigenvalue weighted by molar-refractivity contribution is 14.0. The topological polar surface area (TPSA) is 88.7 Å². The van der Waals surface area contributed by atoms with Crippen LogP contribution in [-0.4, -0.2) is 30.6 Å². The standard InChI is InChI=1S/C17H26N4O2.HI/c1-3-12(2)20-17(18)19-11-13-6-4-7-14(10-13)21-16(22)15-8-5-9-23-15;/h4,6-7,10,12,15H,3,5,8-9,11H2,1-2H3,(H,21,22)(H3,18,19,20);1H. The van der Waals surface area contributed by atoms with Crippen molar-refractivity contribution in [3.8, 4) is 0 Å². The van der Waals surface area contributed by atoms with Gasteiger partial charge in [0.2, 0.25) is 0 Å². The Balaban J connectivity index is 0.00000288. The van der Waals surface area contributed by atoms with Gasteiger partial charge >= 0.3 is 0 Å². The summed E-state index contributed by atoms with van der Waals surface area (Å²) in [5, 5.41) is 6.02. The van der Waals surface area contributed by atoms with Crippen LogP contribution < -0.4 is 16.4 Å². The van der Waals surface area contributed by atoms with E-state index in [-0.39, 0.29) is 36.0 Å². The van der Waals surface area contributed by atoms with Gasteiger partial charge in [0.15, 0.2) is 5.96 Å². The Morgan fingerprint density at radius 3 is 2.96 bits per heavy atom. The molecule has 7 heteroatoms. The van der Waals surface area contributed by atoms with E-state index >= 15 is 0 Å². The molecule has 134 valence electrons. The van der Waals surface area contributed by atoms with E-state index in [2.05, 4.69) is 29.5 Å². The molecule has 2 atom stereocenters. The molecule has 24 heavy (non-hydrogen) atoms. The van der Waals surface area contributed by atoms with Gasteiger partial charge in [-0.3, -0.25) is 4.79 Å². The van der Waals surface area contributed by atoms with E-state index < -0.39 is 0 Å². The van der Waals surface area contributed by atoms with Gasteiger partial charge in [-0.25, -0.2) is 4.99 Å². The van der Waals surface area contributed by atoms with Crippen molar-refractivity contribution in [2.75, 3.05) is 11.9 Å². The predicted octanol–water partition coefficient (Wildman–Crippen LogP) is 2.62. The second-order valence-electron chi connectivity index (χ2n) is 5.85. The Morgan fingerprint density at radius 2 is 2.29 bits per heavy atom. The maximum absolute atomic E-state index is 12.1. The summed E-state index contributed by atoms with van der Waals surface area (Å²) in [5.41, 5.74) is 7.60. The van der Waals surface area contributed by atoms with Crippen LogP contribution in [0.3, 0.4) is 0 Å². The van der Waals surface area contributed by atoms with Crippen LogP contribution in [0.15, 0.2) is 29.3 Å². The molecule has 1 heterocycles. The SMILES string of the molecule is CCC(C)NC(N)=NCc1cccc(NC(=O)C2CCCO2)c1.I. The van der Waals surface area contributed by atoms with Crippen LogP contribution in [0, 0.1) is 0 Å². The fourth-order valence-corrected chi connectivity index (χ4v) is 2.33. The fraction of sp³-hybridized carbons (Fsp3) is 0.529. The molecule has 1 aromatic carbocycles. The van der Waals surface area contributed by atoms with Crippen molar-refractivity contribution >= 4 is 41.5 Å². The summed E-state index contributed by atoms with van der Waals surface area (Å²) < 4.78 is 5.38. The summed E-state index contributed by atoms with van der Waals surface area (Å²) >= 11 is 0. The predicted molar refractivity (Wildman–Crippen MR) is 108 cm³/mol. The van der Waals surface area contributed by atoms with Crippen LogP contribution in [0.25, 0.3) is 0 Å². The smallest absolute Gasteiger partial charge is 0.253 e. The first kappa shape index (κ1) is 20.7. The van der Waals surface area contributed by atoms with Gasteiger partial charge in [-0.2, -0.15) is 0 Å². The molecule has 0 radical (unpaired) electrons. The number of hydrogen-bond donors (Lipinski definition) is 3. The number of nitrogens with zero attached hydrogens (tertiary/aromatic N) is 1. The Morgan fingerprint density at radius 1 is 1.50 bits per heavy atom. The van der Waals surface area contributed by atoms with E-state index in [4.69, 9.17) is 10.5 Å². The van der Waals surface area contributed by atoms with E-state index in [1.807, 2.05) is 24.3 Å². The first-order valence-electron chi connectivity index (χ1n) is 8.16. The number of rotatable bonds is 6. The Bertz CT molecular complexity index is 559. The minimum absolute atomic E-state index is 0. The summed E-state index contributed by atoms with van der Waals surface area (Å²) in [6.45, 7) is 5.28. The molecule has 1 aliphatic rings.